The largest absolute Gasteiger partial charge is 0.497 e. The van der Waals surface area contributed by atoms with Crippen molar-refractivity contribution in [3.8, 4) is 28.6 Å². The van der Waals surface area contributed by atoms with Crippen LogP contribution in [0, 0.1) is 0 Å². The molecule has 0 aliphatic carbocycles. The molecule has 0 bridgehead atoms. The van der Waals surface area contributed by atoms with Crippen molar-refractivity contribution in [3.05, 3.63) is 78.1 Å². The number of hydrogen-bond acceptors (Lipinski definition) is 6. The van der Waals surface area contributed by atoms with Gasteiger partial charge in [0.15, 0.2) is 5.82 Å². The highest BCUT2D eigenvalue weighted by Crippen LogP contribution is 2.32. The molecule has 1 heterocycles. The van der Waals surface area contributed by atoms with E-state index in [1.54, 1.807) is 21.3 Å². The minimum Gasteiger partial charge on any atom is -0.497 e. The fourth-order valence-corrected chi connectivity index (χ4v) is 3.29. The van der Waals surface area contributed by atoms with Crippen LogP contribution in [0.25, 0.3) is 11.4 Å². The van der Waals surface area contributed by atoms with Gasteiger partial charge in [-0.1, -0.05) is 24.3 Å². The van der Waals surface area contributed by atoms with E-state index in [1.165, 1.54) is 0 Å². The summed E-state index contributed by atoms with van der Waals surface area (Å²) in [5, 5.41) is 10.9. The first-order valence-corrected chi connectivity index (χ1v) is 9.82. The van der Waals surface area contributed by atoms with Gasteiger partial charge in [0.1, 0.15) is 23.1 Å². The molecule has 3 aromatic carbocycles. The summed E-state index contributed by atoms with van der Waals surface area (Å²) in [7, 11) is 4.92. The second-order valence-electron chi connectivity index (χ2n) is 6.91. The summed E-state index contributed by atoms with van der Waals surface area (Å²) < 4.78 is 16.0. The highest BCUT2D eigenvalue weighted by atomic mass is 16.5. The number of rotatable bonds is 8. The van der Waals surface area contributed by atoms with Crippen molar-refractivity contribution in [1.82, 2.24) is 15.2 Å². The number of anilines is 2. The van der Waals surface area contributed by atoms with Gasteiger partial charge in [-0.25, -0.2) is 4.98 Å². The number of methoxy groups -OCH3 is 3. The van der Waals surface area contributed by atoms with Gasteiger partial charge in [0, 0.05) is 41.6 Å². The van der Waals surface area contributed by atoms with E-state index in [0.29, 0.717) is 23.7 Å². The summed E-state index contributed by atoms with van der Waals surface area (Å²) in [5.41, 5.74) is 3.70. The van der Waals surface area contributed by atoms with Crippen LogP contribution in [0.2, 0.25) is 0 Å². The Kier molecular flexibility index (Phi) is 6.03. The van der Waals surface area contributed by atoms with Crippen LogP contribution in [0.1, 0.15) is 11.4 Å². The Hall–Kier alpha value is -4.00. The summed E-state index contributed by atoms with van der Waals surface area (Å²) in [6, 6.07) is 21.5. The third-order valence-electron chi connectivity index (χ3n) is 4.84. The van der Waals surface area contributed by atoms with Gasteiger partial charge < -0.3 is 19.5 Å². The number of benzene rings is 3. The zero-order valence-corrected chi connectivity index (χ0v) is 17.7. The van der Waals surface area contributed by atoms with E-state index < -0.39 is 0 Å². The van der Waals surface area contributed by atoms with E-state index in [4.69, 9.17) is 19.2 Å². The molecule has 2 N–H and O–H groups in total. The first-order valence-electron chi connectivity index (χ1n) is 9.82. The predicted octanol–water partition coefficient (Wildman–Crippen LogP) is 4.83. The molecule has 31 heavy (non-hydrogen) atoms. The van der Waals surface area contributed by atoms with Crippen molar-refractivity contribution in [2.45, 2.75) is 6.42 Å². The third kappa shape index (κ3) is 4.78. The number of aromatic amines is 1. The maximum Gasteiger partial charge on any atom is 0.183 e. The van der Waals surface area contributed by atoms with Gasteiger partial charge in [-0.15, -0.1) is 0 Å². The molecule has 0 fully saturated rings. The van der Waals surface area contributed by atoms with Crippen molar-refractivity contribution in [1.29, 1.82) is 0 Å². The average molecular weight is 416 g/mol. The molecule has 0 atom stereocenters. The lowest BCUT2D eigenvalue weighted by molar-refractivity contribution is 0.395. The van der Waals surface area contributed by atoms with Gasteiger partial charge in [-0.2, -0.15) is 5.10 Å². The first kappa shape index (κ1) is 20.3. The molecule has 0 radical (unpaired) electrons. The third-order valence-corrected chi connectivity index (χ3v) is 4.84. The molecule has 0 spiro atoms. The standard InChI is InChI=1S/C24H24N4O3/c1-29-18-8-6-7-16(11-18)12-23-26-24(28-27-23)21-9-4-5-10-22(21)25-17-13-19(30-2)15-20(14-17)31-3/h4-11,13-15,25H,12H2,1-3H3,(H,26,27,28). The molecular formula is C24H24N4O3. The molecule has 0 aliphatic heterocycles. The lowest BCUT2D eigenvalue weighted by Crippen LogP contribution is -1.96. The Balaban J connectivity index is 1.59. The summed E-state index contributed by atoms with van der Waals surface area (Å²) in [6.07, 6.45) is 0.632. The fourth-order valence-electron chi connectivity index (χ4n) is 3.29. The molecular weight excluding hydrogens is 392 g/mol. The summed E-state index contributed by atoms with van der Waals surface area (Å²) in [5.74, 6) is 3.63. The van der Waals surface area contributed by atoms with E-state index in [1.807, 2.05) is 66.7 Å². The van der Waals surface area contributed by atoms with Gasteiger partial charge in [0.2, 0.25) is 0 Å². The molecule has 7 nitrogen and oxygen atoms in total. The Morgan fingerprint density at radius 3 is 2.29 bits per heavy atom. The van der Waals surface area contributed by atoms with E-state index in [9.17, 15) is 0 Å². The van der Waals surface area contributed by atoms with Crippen molar-refractivity contribution in [2.24, 2.45) is 0 Å². The van der Waals surface area contributed by atoms with E-state index >= 15 is 0 Å². The molecule has 0 unspecified atom stereocenters. The molecule has 4 rings (SSSR count). The number of nitrogens with zero attached hydrogens (tertiary/aromatic N) is 2. The second kappa shape index (κ2) is 9.21. The lowest BCUT2D eigenvalue weighted by Gasteiger charge is -2.13. The minimum atomic E-state index is 0.621. The van der Waals surface area contributed by atoms with Crippen LogP contribution in [0.5, 0.6) is 17.2 Å². The van der Waals surface area contributed by atoms with Crippen molar-refractivity contribution >= 4 is 11.4 Å². The van der Waals surface area contributed by atoms with Crippen LogP contribution in [-0.4, -0.2) is 36.5 Å². The molecule has 1 aromatic heterocycles. The SMILES string of the molecule is COc1cccc(Cc2nc(-c3ccccc3Nc3cc(OC)cc(OC)c3)n[nH]2)c1. The molecule has 0 aliphatic rings. The van der Waals surface area contributed by atoms with Crippen molar-refractivity contribution in [3.63, 3.8) is 0 Å². The number of para-hydroxylation sites is 1. The Labute approximate surface area is 181 Å². The smallest absolute Gasteiger partial charge is 0.183 e. The van der Waals surface area contributed by atoms with Gasteiger partial charge in [-0.05, 0) is 29.8 Å². The van der Waals surface area contributed by atoms with Crippen LogP contribution in [0.3, 0.4) is 0 Å². The Morgan fingerprint density at radius 1 is 0.806 bits per heavy atom. The highest BCUT2D eigenvalue weighted by molar-refractivity contribution is 5.78. The van der Waals surface area contributed by atoms with Gasteiger partial charge >= 0.3 is 0 Å². The van der Waals surface area contributed by atoms with E-state index in [-0.39, 0.29) is 0 Å². The maximum atomic E-state index is 5.37. The molecule has 0 saturated carbocycles. The molecule has 0 amide bonds. The van der Waals surface area contributed by atoms with Gasteiger partial charge in [0.05, 0.1) is 21.3 Å². The second-order valence-corrected chi connectivity index (χ2v) is 6.91. The topological polar surface area (TPSA) is 81.3 Å². The maximum absolute atomic E-state index is 5.37. The average Bonchev–Trinajstić information content (AvgIpc) is 3.27. The number of ether oxygens (including phenoxy) is 3. The van der Waals surface area contributed by atoms with Crippen LogP contribution in [0.15, 0.2) is 66.7 Å². The van der Waals surface area contributed by atoms with Gasteiger partial charge in [0.25, 0.3) is 0 Å². The minimum absolute atomic E-state index is 0.621. The number of nitrogens with one attached hydrogen (secondary N) is 2. The summed E-state index contributed by atoms with van der Waals surface area (Å²) in [6.45, 7) is 0. The van der Waals surface area contributed by atoms with Crippen LogP contribution in [-0.2, 0) is 6.42 Å². The quantitative estimate of drug-likeness (QED) is 0.428. The zero-order valence-electron chi connectivity index (χ0n) is 17.7. The first-order chi connectivity index (χ1) is 15.2. The van der Waals surface area contributed by atoms with Crippen LogP contribution < -0.4 is 19.5 Å². The molecule has 0 saturated heterocycles. The molecule has 4 aromatic rings. The molecule has 158 valence electrons. The van der Waals surface area contributed by atoms with E-state index in [0.717, 1.165) is 34.1 Å². The zero-order chi connectivity index (χ0) is 21.6. The highest BCUT2D eigenvalue weighted by Gasteiger charge is 2.12. The van der Waals surface area contributed by atoms with Crippen molar-refractivity contribution in [2.75, 3.05) is 26.6 Å². The number of H-pyrrole nitrogens is 1. The Bertz CT molecular complexity index is 1150. The number of aromatic nitrogens is 3. The summed E-state index contributed by atoms with van der Waals surface area (Å²) in [4.78, 5) is 4.70. The predicted molar refractivity (Wildman–Crippen MR) is 120 cm³/mol. The normalized spacial score (nSPS) is 10.5. The monoisotopic (exact) mass is 416 g/mol. The van der Waals surface area contributed by atoms with Gasteiger partial charge in [-0.3, -0.25) is 5.10 Å². The van der Waals surface area contributed by atoms with E-state index in [2.05, 4.69) is 15.5 Å². The van der Waals surface area contributed by atoms with Crippen LogP contribution in [0.4, 0.5) is 11.4 Å². The lowest BCUT2D eigenvalue weighted by atomic mass is 10.1. The number of hydrogen-bond donors (Lipinski definition) is 2. The van der Waals surface area contributed by atoms with Crippen LogP contribution >= 0.6 is 0 Å². The summed E-state index contributed by atoms with van der Waals surface area (Å²) >= 11 is 0. The fraction of sp³-hybridized carbons (Fsp3) is 0.167. The Morgan fingerprint density at radius 2 is 1.55 bits per heavy atom. The molecule has 7 heteroatoms. The van der Waals surface area contributed by atoms with Crippen molar-refractivity contribution < 1.29 is 14.2 Å².